The summed E-state index contributed by atoms with van der Waals surface area (Å²) in [7, 11) is 1.66. The van der Waals surface area contributed by atoms with Crippen molar-refractivity contribution in [1.29, 1.82) is 5.41 Å². The van der Waals surface area contributed by atoms with Crippen LogP contribution < -0.4 is 10.5 Å². The molecule has 0 atom stereocenters. The van der Waals surface area contributed by atoms with Crippen LogP contribution in [0, 0.1) is 5.41 Å². The highest BCUT2D eigenvalue weighted by atomic mass is 16.5. The Morgan fingerprint density at radius 2 is 2.24 bits per heavy atom. The van der Waals surface area contributed by atoms with Crippen LogP contribution >= 0.6 is 0 Å². The van der Waals surface area contributed by atoms with E-state index >= 15 is 0 Å². The monoisotopic (exact) mass is 238 g/mol. The highest BCUT2D eigenvalue weighted by molar-refractivity contribution is 5.96. The van der Waals surface area contributed by atoms with Crippen molar-refractivity contribution in [3.05, 3.63) is 17.8 Å². The summed E-state index contributed by atoms with van der Waals surface area (Å²) >= 11 is 0. The summed E-state index contributed by atoms with van der Waals surface area (Å²) in [6.07, 6.45) is 2.18. The largest absolute Gasteiger partial charge is 0.476 e. The minimum absolute atomic E-state index is 0.0825. The second kappa shape index (κ2) is 5.58. The molecule has 0 aliphatic heterocycles. The molecule has 0 radical (unpaired) electrons. The Bertz CT molecular complexity index is 393. The summed E-state index contributed by atoms with van der Waals surface area (Å²) < 4.78 is 10.7. The van der Waals surface area contributed by atoms with Gasteiger partial charge < -0.3 is 15.2 Å². The van der Waals surface area contributed by atoms with Gasteiger partial charge in [0.1, 0.15) is 5.84 Å². The summed E-state index contributed by atoms with van der Waals surface area (Å²) in [6, 6.07) is 1.60. The summed E-state index contributed by atoms with van der Waals surface area (Å²) in [5.41, 5.74) is 5.61. The molecule has 0 bridgehead atoms. The number of rotatable bonds is 6. The normalized spacial score (nSPS) is 11.2. The summed E-state index contributed by atoms with van der Waals surface area (Å²) in [4.78, 5) is 0. The third kappa shape index (κ3) is 3.99. The zero-order chi connectivity index (χ0) is 12.9. The maximum Gasteiger partial charge on any atom is 0.244 e. The number of nitrogen functional groups attached to an aromatic ring is 1. The van der Waals surface area contributed by atoms with Gasteiger partial charge in [-0.2, -0.15) is 5.10 Å². The van der Waals surface area contributed by atoms with Crippen molar-refractivity contribution in [3.63, 3.8) is 0 Å². The molecule has 0 amide bonds. The van der Waals surface area contributed by atoms with Crippen LogP contribution in [-0.4, -0.2) is 35.4 Å². The minimum Gasteiger partial charge on any atom is -0.476 e. The van der Waals surface area contributed by atoms with E-state index in [1.165, 1.54) is 6.20 Å². The third-order valence-corrected chi connectivity index (χ3v) is 2.47. The standard InChI is InChI=1S/C11H18N4O2/c1-11(2,16-3)5-7-17-10-8(9(12)13)4-6-14-15-10/h4,6H,5,7H2,1-3H3,(H3,12,13). The Labute approximate surface area is 101 Å². The highest BCUT2D eigenvalue weighted by Crippen LogP contribution is 2.16. The van der Waals surface area contributed by atoms with Gasteiger partial charge in [-0.15, -0.1) is 5.10 Å². The smallest absolute Gasteiger partial charge is 0.244 e. The maximum absolute atomic E-state index is 7.38. The first kappa shape index (κ1) is 13.4. The molecule has 1 aromatic heterocycles. The molecule has 0 aromatic carbocycles. The van der Waals surface area contributed by atoms with Gasteiger partial charge in [-0.25, -0.2) is 0 Å². The van der Waals surface area contributed by atoms with Gasteiger partial charge in [0.05, 0.1) is 24.0 Å². The zero-order valence-corrected chi connectivity index (χ0v) is 10.4. The van der Waals surface area contributed by atoms with Crippen molar-refractivity contribution in [2.24, 2.45) is 5.73 Å². The number of hydrogen-bond donors (Lipinski definition) is 2. The van der Waals surface area contributed by atoms with Crippen LogP contribution in [0.15, 0.2) is 12.3 Å². The lowest BCUT2D eigenvalue weighted by Gasteiger charge is -2.22. The summed E-state index contributed by atoms with van der Waals surface area (Å²) in [6.45, 7) is 4.37. The third-order valence-electron chi connectivity index (χ3n) is 2.47. The van der Waals surface area contributed by atoms with E-state index in [0.29, 0.717) is 18.6 Å². The number of nitrogens with zero attached hydrogens (tertiary/aromatic N) is 2. The number of amidine groups is 1. The van der Waals surface area contributed by atoms with E-state index in [9.17, 15) is 0 Å². The lowest BCUT2D eigenvalue weighted by molar-refractivity contribution is 0.00499. The second-order valence-corrected chi connectivity index (χ2v) is 4.23. The molecule has 0 fully saturated rings. The number of aromatic nitrogens is 2. The molecule has 0 saturated carbocycles. The van der Waals surface area contributed by atoms with Gasteiger partial charge in [-0.05, 0) is 19.9 Å². The molecule has 0 unspecified atom stereocenters. The van der Waals surface area contributed by atoms with Gasteiger partial charge in [0.25, 0.3) is 0 Å². The Hall–Kier alpha value is -1.69. The molecule has 0 aliphatic rings. The van der Waals surface area contributed by atoms with Gasteiger partial charge in [-0.1, -0.05) is 0 Å². The van der Waals surface area contributed by atoms with Crippen molar-refractivity contribution >= 4 is 5.84 Å². The van der Waals surface area contributed by atoms with Gasteiger partial charge in [0.15, 0.2) is 0 Å². The van der Waals surface area contributed by atoms with Crippen molar-refractivity contribution < 1.29 is 9.47 Å². The fourth-order valence-electron chi connectivity index (χ4n) is 1.13. The molecule has 0 spiro atoms. The van der Waals surface area contributed by atoms with E-state index in [4.69, 9.17) is 20.6 Å². The van der Waals surface area contributed by atoms with Gasteiger partial charge >= 0.3 is 0 Å². The first-order valence-corrected chi connectivity index (χ1v) is 5.30. The van der Waals surface area contributed by atoms with Crippen molar-refractivity contribution in [3.8, 4) is 5.88 Å². The highest BCUT2D eigenvalue weighted by Gasteiger charge is 2.17. The van der Waals surface area contributed by atoms with Crippen molar-refractivity contribution in [1.82, 2.24) is 10.2 Å². The first-order chi connectivity index (χ1) is 7.96. The van der Waals surface area contributed by atoms with Crippen LogP contribution in [0.2, 0.25) is 0 Å². The minimum atomic E-state index is -0.251. The van der Waals surface area contributed by atoms with E-state index in [1.807, 2.05) is 13.8 Å². The summed E-state index contributed by atoms with van der Waals surface area (Å²) in [5, 5.41) is 14.9. The molecule has 6 heteroatoms. The molecule has 1 aromatic rings. The molecular weight excluding hydrogens is 220 g/mol. The molecule has 94 valence electrons. The van der Waals surface area contributed by atoms with Gasteiger partial charge in [0, 0.05) is 13.5 Å². The molecule has 1 heterocycles. The number of ether oxygens (including phenoxy) is 2. The van der Waals surface area contributed by atoms with Crippen LogP contribution in [0.3, 0.4) is 0 Å². The first-order valence-electron chi connectivity index (χ1n) is 5.30. The van der Waals surface area contributed by atoms with Crippen LogP contribution in [0.25, 0.3) is 0 Å². The average Bonchev–Trinajstić information content (AvgIpc) is 2.29. The molecule has 17 heavy (non-hydrogen) atoms. The molecule has 0 saturated heterocycles. The SMILES string of the molecule is COC(C)(C)CCOc1nnccc1C(=N)N. The number of hydrogen-bond acceptors (Lipinski definition) is 5. The molecule has 1 rings (SSSR count). The number of nitrogens with two attached hydrogens (primary N) is 1. The van der Waals surface area contributed by atoms with E-state index < -0.39 is 0 Å². The molecule has 6 nitrogen and oxygen atoms in total. The predicted molar refractivity (Wildman–Crippen MR) is 64.2 cm³/mol. The lowest BCUT2D eigenvalue weighted by atomic mass is 10.1. The lowest BCUT2D eigenvalue weighted by Crippen LogP contribution is -2.25. The van der Waals surface area contributed by atoms with Gasteiger partial charge in [0.2, 0.25) is 5.88 Å². The Morgan fingerprint density at radius 3 is 2.82 bits per heavy atom. The zero-order valence-electron chi connectivity index (χ0n) is 10.4. The topological polar surface area (TPSA) is 94.1 Å². The van der Waals surface area contributed by atoms with Crippen LogP contribution in [0.1, 0.15) is 25.8 Å². The Kier molecular flexibility index (Phi) is 4.39. The Balaban J connectivity index is 2.61. The van der Waals surface area contributed by atoms with Crippen LogP contribution in [0.4, 0.5) is 0 Å². The fraction of sp³-hybridized carbons (Fsp3) is 0.545. The molecule has 0 aliphatic carbocycles. The van der Waals surface area contributed by atoms with E-state index in [1.54, 1.807) is 13.2 Å². The van der Waals surface area contributed by atoms with E-state index in [-0.39, 0.29) is 17.3 Å². The molecular formula is C11H18N4O2. The van der Waals surface area contributed by atoms with Crippen LogP contribution in [0.5, 0.6) is 5.88 Å². The fourth-order valence-corrected chi connectivity index (χ4v) is 1.13. The number of nitrogens with one attached hydrogen (secondary N) is 1. The molecule has 3 N–H and O–H groups in total. The number of methoxy groups -OCH3 is 1. The summed E-state index contributed by atoms with van der Waals surface area (Å²) in [5.74, 6) is 0.202. The van der Waals surface area contributed by atoms with Gasteiger partial charge in [-0.3, -0.25) is 5.41 Å². The second-order valence-electron chi connectivity index (χ2n) is 4.23. The van der Waals surface area contributed by atoms with Crippen molar-refractivity contribution in [2.75, 3.05) is 13.7 Å². The Morgan fingerprint density at radius 1 is 1.53 bits per heavy atom. The average molecular weight is 238 g/mol. The van der Waals surface area contributed by atoms with Crippen LogP contribution in [-0.2, 0) is 4.74 Å². The van der Waals surface area contributed by atoms with E-state index in [0.717, 1.165) is 0 Å². The van der Waals surface area contributed by atoms with Crippen molar-refractivity contribution in [2.45, 2.75) is 25.9 Å². The quantitative estimate of drug-likeness (QED) is 0.568. The maximum atomic E-state index is 7.38. The van der Waals surface area contributed by atoms with E-state index in [2.05, 4.69) is 10.2 Å². The predicted octanol–water partition coefficient (Wildman–Crippen LogP) is 0.955.